The number of methoxy groups -OCH3 is 2. The van der Waals surface area contributed by atoms with Gasteiger partial charge in [-0.1, -0.05) is 6.92 Å². The molecule has 1 aromatic heterocycles. The van der Waals surface area contributed by atoms with Crippen LogP contribution in [0.3, 0.4) is 0 Å². The molecule has 0 saturated heterocycles. The quantitative estimate of drug-likeness (QED) is 0.795. The minimum Gasteiger partial charge on any atom is -0.497 e. The number of benzene rings is 1. The monoisotopic (exact) mass is 292 g/mol. The summed E-state index contributed by atoms with van der Waals surface area (Å²) in [5, 5.41) is 4.35. The van der Waals surface area contributed by atoms with E-state index >= 15 is 0 Å². The van der Waals surface area contributed by atoms with Crippen LogP contribution in [-0.4, -0.2) is 25.7 Å². The zero-order valence-electron chi connectivity index (χ0n) is 12.1. The Morgan fingerprint density at radius 1 is 1.25 bits per heavy atom. The molecule has 0 aliphatic carbocycles. The van der Waals surface area contributed by atoms with E-state index in [2.05, 4.69) is 17.2 Å². The van der Waals surface area contributed by atoms with Crippen molar-refractivity contribution in [1.29, 1.82) is 0 Å². The molecule has 4 nitrogen and oxygen atoms in total. The zero-order chi connectivity index (χ0) is 14.4. The van der Waals surface area contributed by atoms with Gasteiger partial charge in [-0.05, 0) is 25.1 Å². The standard InChI is InChI=1S/C15H20N2O2S/c1-4-7-16-9-12-10-17-15(20-12)13-6-5-11(18-2)8-14(13)19-3/h5-6,8,10,16H,4,7,9H2,1-3H3. The number of nitrogens with zero attached hydrogens (tertiary/aromatic N) is 1. The molecule has 0 fully saturated rings. The third kappa shape index (κ3) is 3.49. The molecule has 0 bridgehead atoms. The Labute approximate surface area is 123 Å². The molecule has 2 aromatic rings. The van der Waals surface area contributed by atoms with Gasteiger partial charge < -0.3 is 14.8 Å². The van der Waals surface area contributed by atoms with Gasteiger partial charge in [0, 0.05) is 23.7 Å². The van der Waals surface area contributed by atoms with Crippen LogP contribution in [0.5, 0.6) is 11.5 Å². The minimum atomic E-state index is 0.784. The predicted molar refractivity (Wildman–Crippen MR) is 82.7 cm³/mol. The zero-order valence-corrected chi connectivity index (χ0v) is 12.9. The maximum absolute atomic E-state index is 5.42. The molecule has 5 heteroatoms. The van der Waals surface area contributed by atoms with Crippen molar-refractivity contribution in [2.45, 2.75) is 19.9 Å². The van der Waals surface area contributed by atoms with E-state index in [0.717, 1.165) is 41.6 Å². The Bertz CT molecular complexity index is 555. The van der Waals surface area contributed by atoms with E-state index in [9.17, 15) is 0 Å². The van der Waals surface area contributed by atoms with Crippen molar-refractivity contribution in [1.82, 2.24) is 10.3 Å². The first-order chi connectivity index (χ1) is 9.78. The van der Waals surface area contributed by atoms with Gasteiger partial charge in [0.2, 0.25) is 0 Å². The molecule has 2 rings (SSSR count). The molecule has 20 heavy (non-hydrogen) atoms. The molecule has 0 radical (unpaired) electrons. The number of rotatable bonds is 7. The molecule has 0 aliphatic rings. The summed E-state index contributed by atoms with van der Waals surface area (Å²) < 4.78 is 10.6. The fourth-order valence-electron chi connectivity index (χ4n) is 1.88. The maximum atomic E-state index is 5.42. The summed E-state index contributed by atoms with van der Waals surface area (Å²) in [7, 11) is 3.31. The van der Waals surface area contributed by atoms with E-state index in [0.29, 0.717) is 0 Å². The highest BCUT2D eigenvalue weighted by Crippen LogP contribution is 2.35. The molecule has 0 saturated carbocycles. The summed E-state index contributed by atoms with van der Waals surface area (Å²) >= 11 is 1.68. The number of nitrogens with one attached hydrogen (secondary N) is 1. The highest BCUT2D eigenvalue weighted by atomic mass is 32.1. The number of thiazole rings is 1. The summed E-state index contributed by atoms with van der Waals surface area (Å²) in [6.07, 6.45) is 3.06. The van der Waals surface area contributed by atoms with Gasteiger partial charge in [0.05, 0.1) is 19.8 Å². The van der Waals surface area contributed by atoms with Crippen LogP contribution in [0.4, 0.5) is 0 Å². The Morgan fingerprint density at radius 3 is 2.80 bits per heavy atom. The smallest absolute Gasteiger partial charge is 0.132 e. The fraction of sp³-hybridized carbons (Fsp3) is 0.400. The van der Waals surface area contributed by atoms with E-state index in [4.69, 9.17) is 9.47 Å². The van der Waals surface area contributed by atoms with Crippen molar-refractivity contribution in [3.05, 3.63) is 29.3 Å². The van der Waals surface area contributed by atoms with Gasteiger partial charge in [-0.2, -0.15) is 0 Å². The highest BCUT2D eigenvalue weighted by Gasteiger charge is 2.11. The van der Waals surface area contributed by atoms with Gasteiger partial charge in [0.1, 0.15) is 16.5 Å². The maximum Gasteiger partial charge on any atom is 0.132 e. The molecule has 1 N–H and O–H groups in total. The van der Waals surface area contributed by atoms with E-state index in [1.165, 1.54) is 4.88 Å². The normalized spacial score (nSPS) is 10.6. The van der Waals surface area contributed by atoms with Crippen molar-refractivity contribution in [2.75, 3.05) is 20.8 Å². The number of hydrogen-bond acceptors (Lipinski definition) is 5. The summed E-state index contributed by atoms with van der Waals surface area (Å²) in [6.45, 7) is 4.05. The van der Waals surface area contributed by atoms with E-state index in [-0.39, 0.29) is 0 Å². The lowest BCUT2D eigenvalue weighted by molar-refractivity contribution is 0.395. The highest BCUT2D eigenvalue weighted by molar-refractivity contribution is 7.15. The van der Waals surface area contributed by atoms with Crippen LogP contribution < -0.4 is 14.8 Å². The van der Waals surface area contributed by atoms with E-state index < -0.39 is 0 Å². The van der Waals surface area contributed by atoms with Gasteiger partial charge in [-0.25, -0.2) is 4.98 Å². The number of hydrogen-bond donors (Lipinski definition) is 1. The second-order valence-electron chi connectivity index (χ2n) is 4.37. The molecule has 0 spiro atoms. The Kier molecular flexibility index (Phi) is 5.38. The SMILES string of the molecule is CCCNCc1cnc(-c2ccc(OC)cc2OC)s1. The van der Waals surface area contributed by atoms with Crippen LogP contribution in [0.25, 0.3) is 10.6 Å². The molecule has 1 heterocycles. The molecule has 0 aliphatic heterocycles. The van der Waals surface area contributed by atoms with Crippen molar-refractivity contribution < 1.29 is 9.47 Å². The third-order valence-electron chi connectivity index (χ3n) is 2.92. The average molecular weight is 292 g/mol. The van der Waals surface area contributed by atoms with Crippen molar-refractivity contribution in [3.63, 3.8) is 0 Å². The Balaban J connectivity index is 2.18. The van der Waals surface area contributed by atoms with Crippen molar-refractivity contribution in [2.24, 2.45) is 0 Å². The predicted octanol–water partition coefficient (Wildman–Crippen LogP) is 3.33. The van der Waals surface area contributed by atoms with Gasteiger partial charge in [-0.3, -0.25) is 0 Å². The number of aromatic nitrogens is 1. The lowest BCUT2D eigenvalue weighted by atomic mass is 10.2. The molecule has 0 amide bonds. The Hall–Kier alpha value is -1.59. The summed E-state index contributed by atoms with van der Waals surface area (Å²) in [6, 6.07) is 5.79. The van der Waals surface area contributed by atoms with Crippen molar-refractivity contribution in [3.8, 4) is 22.1 Å². The Morgan fingerprint density at radius 2 is 2.10 bits per heavy atom. The molecular formula is C15H20N2O2S. The first kappa shape index (κ1) is 14.8. The lowest BCUT2D eigenvalue weighted by Crippen LogP contribution is -2.12. The van der Waals surface area contributed by atoms with E-state index in [1.54, 1.807) is 25.6 Å². The van der Waals surface area contributed by atoms with Crippen molar-refractivity contribution >= 4 is 11.3 Å². The molecule has 0 atom stereocenters. The topological polar surface area (TPSA) is 43.4 Å². The van der Waals surface area contributed by atoms with Gasteiger partial charge >= 0.3 is 0 Å². The first-order valence-electron chi connectivity index (χ1n) is 6.66. The van der Waals surface area contributed by atoms with Gasteiger partial charge in [0.25, 0.3) is 0 Å². The van der Waals surface area contributed by atoms with Gasteiger partial charge in [-0.15, -0.1) is 11.3 Å². The molecule has 0 unspecified atom stereocenters. The van der Waals surface area contributed by atoms with Crippen LogP contribution in [0.15, 0.2) is 24.4 Å². The molecule has 108 valence electrons. The largest absolute Gasteiger partial charge is 0.497 e. The second-order valence-corrected chi connectivity index (χ2v) is 5.49. The summed E-state index contributed by atoms with van der Waals surface area (Å²) in [4.78, 5) is 5.72. The van der Waals surface area contributed by atoms with Crippen LogP contribution in [0.2, 0.25) is 0 Å². The molecular weight excluding hydrogens is 272 g/mol. The average Bonchev–Trinajstić information content (AvgIpc) is 2.95. The minimum absolute atomic E-state index is 0.784. The third-order valence-corrected chi connectivity index (χ3v) is 3.95. The van der Waals surface area contributed by atoms with E-state index in [1.807, 2.05) is 24.4 Å². The van der Waals surface area contributed by atoms with Crippen LogP contribution in [-0.2, 0) is 6.54 Å². The van der Waals surface area contributed by atoms with Gasteiger partial charge in [0.15, 0.2) is 0 Å². The molecule has 1 aromatic carbocycles. The summed E-state index contributed by atoms with van der Waals surface area (Å²) in [5.74, 6) is 1.57. The lowest BCUT2D eigenvalue weighted by Gasteiger charge is -2.08. The van der Waals surface area contributed by atoms with Crippen LogP contribution in [0, 0.1) is 0 Å². The van der Waals surface area contributed by atoms with Crippen LogP contribution in [0.1, 0.15) is 18.2 Å². The fourth-order valence-corrected chi connectivity index (χ4v) is 2.79. The summed E-state index contributed by atoms with van der Waals surface area (Å²) in [5.41, 5.74) is 1.00. The van der Waals surface area contributed by atoms with Crippen LogP contribution >= 0.6 is 11.3 Å². The number of ether oxygens (including phenoxy) is 2. The second kappa shape index (κ2) is 7.26. The first-order valence-corrected chi connectivity index (χ1v) is 7.48.